The van der Waals surface area contributed by atoms with Crippen molar-refractivity contribution in [3.63, 3.8) is 0 Å². The van der Waals surface area contributed by atoms with Crippen LogP contribution in [0.1, 0.15) is 30.9 Å². The number of para-hydroxylation sites is 1. The molecule has 0 spiro atoms. The van der Waals surface area contributed by atoms with Gasteiger partial charge >= 0.3 is 0 Å². The smallest absolute Gasteiger partial charge is 0.0625 e. The molecule has 0 aliphatic carbocycles. The third-order valence-electron chi connectivity index (χ3n) is 4.95. The predicted molar refractivity (Wildman–Crippen MR) is 95.8 cm³/mol. The Bertz CT molecular complexity index is 880. The Morgan fingerprint density at radius 3 is 2.78 bits per heavy atom. The number of hydrogen-bond donors (Lipinski definition) is 3. The van der Waals surface area contributed by atoms with E-state index in [1.807, 2.05) is 0 Å². The molecule has 1 atom stereocenters. The summed E-state index contributed by atoms with van der Waals surface area (Å²) in [5.41, 5.74) is 7.18. The number of rotatable bonds is 3. The Balaban J connectivity index is 2.01. The second kappa shape index (κ2) is 5.14. The van der Waals surface area contributed by atoms with E-state index in [0.717, 1.165) is 18.5 Å². The summed E-state index contributed by atoms with van der Waals surface area (Å²) in [7, 11) is 0. The van der Waals surface area contributed by atoms with E-state index in [1.54, 1.807) is 0 Å². The number of aryl methyl sites for hydroxylation is 1. The van der Waals surface area contributed by atoms with Crippen molar-refractivity contribution in [1.82, 2.24) is 4.98 Å². The van der Waals surface area contributed by atoms with Gasteiger partial charge in [0.05, 0.1) is 11.2 Å². The minimum atomic E-state index is -0.181. The summed E-state index contributed by atoms with van der Waals surface area (Å²) in [6.45, 7) is 4.59. The van der Waals surface area contributed by atoms with E-state index in [4.69, 9.17) is 0 Å². The maximum absolute atomic E-state index is 9.32. The molecule has 1 aromatic heterocycles. The van der Waals surface area contributed by atoms with E-state index < -0.39 is 0 Å². The zero-order valence-corrected chi connectivity index (χ0v) is 13.6. The van der Waals surface area contributed by atoms with E-state index in [2.05, 4.69) is 66.6 Å². The second-order valence-corrected chi connectivity index (χ2v) is 6.75. The van der Waals surface area contributed by atoms with Crippen molar-refractivity contribution in [1.29, 1.82) is 0 Å². The normalized spacial score (nSPS) is 19.3. The number of fused-ring (bicyclic) bond motifs is 5. The molecule has 1 unspecified atom stereocenters. The van der Waals surface area contributed by atoms with Crippen LogP contribution in [0.25, 0.3) is 22.2 Å². The van der Waals surface area contributed by atoms with Gasteiger partial charge in [-0.25, -0.2) is 0 Å². The first-order valence-electron chi connectivity index (χ1n) is 8.24. The highest BCUT2D eigenvalue weighted by Gasteiger charge is 2.36. The molecule has 0 saturated carbocycles. The Morgan fingerprint density at radius 1 is 1.13 bits per heavy atom. The lowest BCUT2D eigenvalue weighted by Gasteiger charge is -2.38. The van der Waals surface area contributed by atoms with Crippen LogP contribution in [0.3, 0.4) is 0 Å². The van der Waals surface area contributed by atoms with Crippen LogP contribution in [0, 0.1) is 6.92 Å². The molecule has 2 heterocycles. The zero-order chi connectivity index (χ0) is 16.0. The van der Waals surface area contributed by atoms with Crippen molar-refractivity contribution in [2.24, 2.45) is 0 Å². The Hall–Kier alpha value is -2.26. The van der Waals surface area contributed by atoms with E-state index >= 15 is 0 Å². The van der Waals surface area contributed by atoms with E-state index in [-0.39, 0.29) is 12.1 Å². The molecular weight excluding hydrogens is 284 g/mol. The fraction of sp³-hybridized carbons (Fsp3) is 0.300. The highest BCUT2D eigenvalue weighted by atomic mass is 16.2. The first kappa shape index (κ1) is 14.3. The predicted octanol–water partition coefficient (Wildman–Crippen LogP) is 4.56. The molecular formula is C20H22N2O. The highest BCUT2D eigenvalue weighted by Crippen LogP contribution is 2.48. The fourth-order valence-corrected chi connectivity index (χ4v) is 3.87. The number of nitrogens with one attached hydrogen (secondary N) is 2. The van der Waals surface area contributed by atoms with E-state index in [9.17, 15) is 5.11 Å². The van der Waals surface area contributed by atoms with Crippen molar-refractivity contribution in [2.75, 3.05) is 11.9 Å². The molecule has 0 radical (unpaired) electrons. The molecule has 3 aromatic rings. The number of hydrogen-bond acceptors (Lipinski definition) is 2. The van der Waals surface area contributed by atoms with Crippen LogP contribution >= 0.6 is 0 Å². The monoisotopic (exact) mass is 306 g/mol. The minimum Gasteiger partial charge on any atom is -0.396 e. The Kier molecular flexibility index (Phi) is 3.20. The largest absolute Gasteiger partial charge is 0.396 e. The molecule has 0 amide bonds. The van der Waals surface area contributed by atoms with Crippen LogP contribution in [0.4, 0.5) is 5.69 Å². The average molecular weight is 306 g/mol. The van der Waals surface area contributed by atoms with Gasteiger partial charge in [0.2, 0.25) is 0 Å². The molecule has 0 fully saturated rings. The number of benzene rings is 2. The summed E-state index contributed by atoms with van der Waals surface area (Å²) in [6.07, 6.45) is 1.68. The summed E-state index contributed by atoms with van der Waals surface area (Å²) < 4.78 is 0. The average Bonchev–Trinajstić information content (AvgIpc) is 2.95. The minimum absolute atomic E-state index is 0.181. The van der Waals surface area contributed by atoms with E-state index in [1.165, 1.54) is 33.3 Å². The summed E-state index contributed by atoms with van der Waals surface area (Å²) in [4.78, 5) is 3.63. The van der Waals surface area contributed by atoms with Crippen molar-refractivity contribution in [3.8, 4) is 11.3 Å². The molecule has 3 heteroatoms. The van der Waals surface area contributed by atoms with Gasteiger partial charge in [0.25, 0.3) is 0 Å². The van der Waals surface area contributed by atoms with Gasteiger partial charge in [0.1, 0.15) is 0 Å². The molecule has 1 aliphatic heterocycles. The van der Waals surface area contributed by atoms with Crippen LogP contribution in [-0.2, 0) is 5.54 Å². The van der Waals surface area contributed by atoms with Gasteiger partial charge in [-0.1, -0.05) is 29.8 Å². The quantitative estimate of drug-likeness (QED) is 0.664. The number of aromatic amines is 1. The molecule has 3 nitrogen and oxygen atoms in total. The first-order chi connectivity index (χ1) is 11.1. The molecule has 118 valence electrons. The topological polar surface area (TPSA) is 48.0 Å². The number of H-pyrrole nitrogens is 1. The molecule has 1 aliphatic rings. The van der Waals surface area contributed by atoms with Crippen LogP contribution in [-0.4, -0.2) is 16.7 Å². The summed E-state index contributed by atoms with van der Waals surface area (Å²) in [5.74, 6) is 0. The maximum atomic E-state index is 9.32. The van der Waals surface area contributed by atoms with Gasteiger partial charge in [-0.15, -0.1) is 0 Å². The first-order valence-corrected chi connectivity index (χ1v) is 8.24. The summed E-state index contributed by atoms with van der Waals surface area (Å²) in [5, 5.41) is 14.3. The number of aliphatic hydroxyl groups excluding tert-OH is 1. The van der Waals surface area contributed by atoms with Crippen LogP contribution < -0.4 is 5.32 Å². The SMILES string of the molecule is Cc1ccc2c(c1)-c1[nH]c3ccccc3c1C(C)(CCCO)N2. The Labute approximate surface area is 136 Å². The molecule has 0 bridgehead atoms. The standard InChI is InChI=1S/C20H22N2O/c1-13-8-9-17-15(12-13)19-18(20(2,22-17)10-5-11-23)14-6-3-4-7-16(14)21-19/h3-4,6-9,12,21-23H,5,10-11H2,1-2H3. The van der Waals surface area contributed by atoms with Crippen molar-refractivity contribution >= 4 is 16.6 Å². The number of anilines is 1. The van der Waals surface area contributed by atoms with Gasteiger partial charge in [0.15, 0.2) is 0 Å². The molecule has 3 N–H and O–H groups in total. The van der Waals surface area contributed by atoms with Crippen LogP contribution in [0.5, 0.6) is 0 Å². The number of aliphatic hydroxyl groups is 1. The lowest BCUT2D eigenvalue weighted by Crippen LogP contribution is -2.35. The fourth-order valence-electron chi connectivity index (χ4n) is 3.87. The van der Waals surface area contributed by atoms with Crippen molar-refractivity contribution < 1.29 is 5.11 Å². The van der Waals surface area contributed by atoms with Gasteiger partial charge in [-0.3, -0.25) is 0 Å². The van der Waals surface area contributed by atoms with Crippen molar-refractivity contribution in [3.05, 3.63) is 53.6 Å². The molecule has 23 heavy (non-hydrogen) atoms. The van der Waals surface area contributed by atoms with Gasteiger partial charge in [-0.2, -0.15) is 0 Å². The second-order valence-electron chi connectivity index (χ2n) is 6.75. The zero-order valence-electron chi connectivity index (χ0n) is 13.6. The third-order valence-corrected chi connectivity index (χ3v) is 4.95. The van der Waals surface area contributed by atoms with E-state index in [0.29, 0.717) is 0 Å². The highest BCUT2D eigenvalue weighted by molar-refractivity contribution is 5.97. The third kappa shape index (κ3) is 2.15. The molecule has 4 rings (SSSR count). The maximum Gasteiger partial charge on any atom is 0.0625 e. The van der Waals surface area contributed by atoms with Gasteiger partial charge in [-0.05, 0) is 44.9 Å². The van der Waals surface area contributed by atoms with Crippen LogP contribution in [0.2, 0.25) is 0 Å². The molecule has 0 saturated heterocycles. The number of aromatic nitrogens is 1. The lowest BCUT2D eigenvalue weighted by molar-refractivity contribution is 0.270. The lowest BCUT2D eigenvalue weighted by atomic mass is 9.80. The van der Waals surface area contributed by atoms with Gasteiger partial charge < -0.3 is 15.4 Å². The van der Waals surface area contributed by atoms with Gasteiger partial charge in [0, 0.05) is 34.3 Å². The Morgan fingerprint density at radius 2 is 1.96 bits per heavy atom. The summed E-state index contributed by atoms with van der Waals surface area (Å²) in [6, 6.07) is 15.0. The van der Waals surface area contributed by atoms with Crippen molar-refractivity contribution in [2.45, 2.75) is 32.2 Å². The summed E-state index contributed by atoms with van der Waals surface area (Å²) >= 11 is 0. The molecule has 2 aromatic carbocycles. The van der Waals surface area contributed by atoms with Crippen LogP contribution in [0.15, 0.2) is 42.5 Å².